The van der Waals surface area contributed by atoms with Crippen LogP contribution in [0.2, 0.25) is 0 Å². The second kappa shape index (κ2) is 6.02. The maximum atomic E-state index is 12.8. The van der Waals surface area contributed by atoms with E-state index in [0.29, 0.717) is 12.1 Å². The monoisotopic (exact) mass is 223 g/mol. The van der Waals surface area contributed by atoms with Gasteiger partial charge >= 0.3 is 0 Å². The van der Waals surface area contributed by atoms with Crippen molar-refractivity contribution < 1.29 is 14.3 Å². The van der Waals surface area contributed by atoms with Gasteiger partial charge in [-0.2, -0.15) is 0 Å². The third kappa shape index (κ3) is 3.82. The smallest absolute Gasteiger partial charge is 0.217 e. The SMILES string of the molecule is CC(=O)NCC=Cc1ccc(F)cc1CO. The lowest BCUT2D eigenvalue weighted by atomic mass is 10.1. The van der Waals surface area contributed by atoms with E-state index < -0.39 is 0 Å². The van der Waals surface area contributed by atoms with Gasteiger partial charge in [0, 0.05) is 13.5 Å². The van der Waals surface area contributed by atoms with E-state index in [4.69, 9.17) is 5.11 Å². The number of amides is 1. The van der Waals surface area contributed by atoms with Gasteiger partial charge < -0.3 is 10.4 Å². The molecule has 0 saturated carbocycles. The molecule has 0 atom stereocenters. The highest BCUT2D eigenvalue weighted by Gasteiger charge is 1.99. The number of rotatable bonds is 4. The number of hydrogen-bond acceptors (Lipinski definition) is 2. The molecule has 0 aliphatic heterocycles. The zero-order valence-electron chi connectivity index (χ0n) is 9.03. The molecule has 0 saturated heterocycles. The fraction of sp³-hybridized carbons (Fsp3) is 0.250. The van der Waals surface area contributed by atoms with E-state index in [1.807, 2.05) is 0 Å². The summed E-state index contributed by atoms with van der Waals surface area (Å²) in [5.41, 5.74) is 1.27. The number of aliphatic hydroxyl groups is 1. The lowest BCUT2D eigenvalue weighted by Gasteiger charge is -2.02. The highest BCUT2D eigenvalue weighted by molar-refractivity contribution is 5.73. The van der Waals surface area contributed by atoms with Crippen molar-refractivity contribution in [1.29, 1.82) is 0 Å². The Balaban J connectivity index is 2.69. The van der Waals surface area contributed by atoms with Crippen molar-refractivity contribution in [2.24, 2.45) is 0 Å². The predicted molar refractivity (Wildman–Crippen MR) is 60.0 cm³/mol. The Labute approximate surface area is 93.6 Å². The van der Waals surface area contributed by atoms with E-state index in [9.17, 15) is 9.18 Å². The summed E-state index contributed by atoms with van der Waals surface area (Å²) in [7, 11) is 0. The van der Waals surface area contributed by atoms with Crippen molar-refractivity contribution in [3.63, 3.8) is 0 Å². The van der Waals surface area contributed by atoms with Gasteiger partial charge in [-0.1, -0.05) is 18.2 Å². The molecule has 3 nitrogen and oxygen atoms in total. The molecule has 0 aliphatic carbocycles. The molecule has 4 heteroatoms. The highest BCUT2D eigenvalue weighted by atomic mass is 19.1. The van der Waals surface area contributed by atoms with Crippen molar-refractivity contribution in [3.05, 3.63) is 41.2 Å². The number of hydrogen-bond donors (Lipinski definition) is 2. The van der Waals surface area contributed by atoms with Crippen LogP contribution >= 0.6 is 0 Å². The summed E-state index contributed by atoms with van der Waals surface area (Å²) in [6.07, 6.45) is 3.48. The van der Waals surface area contributed by atoms with Gasteiger partial charge in [0.25, 0.3) is 0 Å². The van der Waals surface area contributed by atoms with Crippen LogP contribution in [0.4, 0.5) is 4.39 Å². The van der Waals surface area contributed by atoms with E-state index in [1.165, 1.54) is 19.1 Å². The van der Waals surface area contributed by atoms with Crippen LogP contribution < -0.4 is 5.32 Å². The first-order chi connectivity index (χ1) is 7.63. The molecule has 0 spiro atoms. The summed E-state index contributed by atoms with van der Waals surface area (Å²) < 4.78 is 12.8. The lowest BCUT2D eigenvalue weighted by molar-refractivity contribution is -0.118. The number of aliphatic hydroxyl groups excluding tert-OH is 1. The minimum Gasteiger partial charge on any atom is -0.392 e. The van der Waals surface area contributed by atoms with Crippen LogP contribution in [0, 0.1) is 5.82 Å². The molecular weight excluding hydrogens is 209 g/mol. The third-order valence-electron chi connectivity index (χ3n) is 2.04. The van der Waals surface area contributed by atoms with Gasteiger partial charge in [0.1, 0.15) is 5.82 Å². The minimum atomic E-state index is -0.372. The number of nitrogens with one attached hydrogen (secondary N) is 1. The van der Waals surface area contributed by atoms with Crippen LogP contribution in [0.5, 0.6) is 0 Å². The standard InChI is InChI=1S/C12H14FNO2/c1-9(16)14-6-2-3-10-4-5-12(13)7-11(10)8-15/h2-5,7,15H,6,8H2,1H3,(H,14,16). The average Bonchev–Trinajstić information content (AvgIpc) is 2.25. The van der Waals surface area contributed by atoms with E-state index >= 15 is 0 Å². The maximum absolute atomic E-state index is 12.8. The molecule has 0 fully saturated rings. The lowest BCUT2D eigenvalue weighted by Crippen LogP contribution is -2.19. The molecule has 2 N–H and O–H groups in total. The number of carbonyl (C=O) groups excluding carboxylic acids is 1. The molecule has 1 amide bonds. The zero-order valence-corrected chi connectivity index (χ0v) is 9.03. The molecule has 0 heterocycles. The molecule has 0 aromatic heterocycles. The second-order valence-electron chi connectivity index (χ2n) is 3.34. The van der Waals surface area contributed by atoms with Crippen molar-refractivity contribution in [2.45, 2.75) is 13.5 Å². The molecule has 0 aliphatic rings. The summed E-state index contributed by atoms with van der Waals surface area (Å²) in [5.74, 6) is -0.478. The van der Waals surface area contributed by atoms with Gasteiger partial charge in [0.15, 0.2) is 0 Å². The minimum absolute atomic E-state index is 0.105. The van der Waals surface area contributed by atoms with E-state index in [0.717, 1.165) is 5.56 Å². The van der Waals surface area contributed by atoms with Gasteiger partial charge in [-0.15, -0.1) is 0 Å². The van der Waals surface area contributed by atoms with E-state index in [2.05, 4.69) is 5.32 Å². The Morgan fingerprint density at radius 3 is 2.94 bits per heavy atom. The van der Waals surface area contributed by atoms with Crippen LogP contribution in [0.25, 0.3) is 6.08 Å². The average molecular weight is 223 g/mol. The van der Waals surface area contributed by atoms with Gasteiger partial charge in [0.2, 0.25) is 5.91 Å². The van der Waals surface area contributed by atoms with Crippen molar-refractivity contribution in [1.82, 2.24) is 5.32 Å². The van der Waals surface area contributed by atoms with Crippen LogP contribution in [0.3, 0.4) is 0 Å². The van der Waals surface area contributed by atoms with Crippen molar-refractivity contribution in [3.8, 4) is 0 Å². The van der Waals surface area contributed by atoms with Gasteiger partial charge in [-0.25, -0.2) is 4.39 Å². The highest BCUT2D eigenvalue weighted by Crippen LogP contribution is 2.12. The molecule has 0 bridgehead atoms. The molecular formula is C12H14FNO2. The molecule has 0 radical (unpaired) electrons. The number of halogens is 1. The molecule has 86 valence electrons. The first-order valence-electron chi connectivity index (χ1n) is 4.93. The zero-order chi connectivity index (χ0) is 12.0. The summed E-state index contributed by atoms with van der Waals surface area (Å²) in [6.45, 7) is 1.64. The van der Waals surface area contributed by atoms with Crippen LogP contribution in [-0.4, -0.2) is 17.6 Å². The van der Waals surface area contributed by atoms with Crippen molar-refractivity contribution in [2.75, 3.05) is 6.54 Å². The van der Waals surface area contributed by atoms with Crippen molar-refractivity contribution >= 4 is 12.0 Å². The van der Waals surface area contributed by atoms with Crippen LogP contribution in [-0.2, 0) is 11.4 Å². The van der Waals surface area contributed by atoms with Gasteiger partial charge in [-0.05, 0) is 23.3 Å². The molecule has 1 aromatic rings. The Morgan fingerprint density at radius 2 is 2.31 bits per heavy atom. The molecule has 1 aromatic carbocycles. The van der Waals surface area contributed by atoms with Gasteiger partial charge in [0.05, 0.1) is 6.61 Å². The summed E-state index contributed by atoms with van der Waals surface area (Å²) >= 11 is 0. The number of carbonyl (C=O) groups is 1. The molecule has 1 rings (SSSR count). The Hall–Kier alpha value is -1.68. The third-order valence-corrected chi connectivity index (χ3v) is 2.04. The van der Waals surface area contributed by atoms with Gasteiger partial charge in [-0.3, -0.25) is 4.79 Å². The second-order valence-corrected chi connectivity index (χ2v) is 3.34. The number of benzene rings is 1. The first kappa shape index (κ1) is 12.4. The largest absolute Gasteiger partial charge is 0.392 e. The summed E-state index contributed by atoms with van der Waals surface area (Å²) in [5, 5.41) is 11.6. The molecule has 16 heavy (non-hydrogen) atoms. The first-order valence-corrected chi connectivity index (χ1v) is 4.93. The van der Waals surface area contributed by atoms with Crippen LogP contribution in [0.15, 0.2) is 24.3 Å². The Bertz CT molecular complexity index is 402. The quantitative estimate of drug-likeness (QED) is 0.812. The predicted octanol–water partition coefficient (Wildman–Crippen LogP) is 1.47. The Morgan fingerprint density at radius 1 is 1.56 bits per heavy atom. The molecule has 0 unspecified atom stereocenters. The normalized spacial score (nSPS) is 10.7. The van der Waals surface area contributed by atoms with E-state index in [-0.39, 0.29) is 18.3 Å². The fourth-order valence-corrected chi connectivity index (χ4v) is 1.26. The summed E-state index contributed by atoms with van der Waals surface area (Å²) in [6, 6.07) is 4.21. The Kier molecular flexibility index (Phi) is 4.66. The maximum Gasteiger partial charge on any atom is 0.217 e. The summed E-state index contributed by atoms with van der Waals surface area (Å²) in [4.78, 5) is 10.6. The fourth-order valence-electron chi connectivity index (χ4n) is 1.26. The topological polar surface area (TPSA) is 49.3 Å². The van der Waals surface area contributed by atoms with Crippen LogP contribution in [0.1, 0.15) is 18.1 Å². The van der Waals surface area contributed by atoms with E-state index in [1.54, 1.807) is 18.2 Å².